The maximum atomic E-state index is 14.2. The number of hydrogen-bond acceptors (Lipinski definition) is 6. The van der Waals surface area contributed by atoms with Gasteiger partial charge in [0.2, 0.25) is 0 Å². The van der Waals surface area contributed by atoms with Crippen LogP contribution >= 0.6 is 0 Å². The fraction of sp³-hybridized carbons (Fsp3) is 0.158. The minimum absolute atomic E-state index is 0.0649. The van der Waals surface area contributed by atoms with Crippen LogP contribution in [-0.4, -0.2) is 26.6 Å². The van der Waals surface area contributed by atoms with Crippen LogP contribution in [-0.2, 0) is 10.0 Å². The predicted molar refractivity (Wildman–Crippen MR) is 99.0 cm³/mol. The van der Waals surface area contributed by atoms with Gasteiger partial charge >= 0.3 is 0 Å². The van der Waals surface area contributed by atoms with Crippen molar-refractivity contribution in [2.75, 3.05) is 7.11 Å². The lowest BCUT2D eigenvalue weighted by atomic mass is 10.1. The summed E-state index contributed by atoms with van der Waals surface area (Å²) in [5.41, 5.74) is 0.729. The summed E-state index contributed by atoms with van der Waals surface area (Å²) in [6.45, 7) is 2.91. The molecule has 0 fully saturated rings. The van der Waals surface area contributed by atoms with Gasteiger partial charge in [0.1, 0.15) is 33.5 Å². The van der Waals surface area contributed by atoms with Crippen LogP contribution in [0.3, 0.4) is 0 Å². The Hall–Kier alpha value is -3.20. The number of rotatable bonds is 5. The third kappa shape index (κ3) is 3.61. The molecule has 0 saturated heterocycles. The van der Waals surface area contributed by atoms with E-state index in [9.17, 15) is 17.6 Å². The molecule has 0 aliphatic rings. The molecule has 0 bridgehead atoms. The molecule has 0 atom stereocenters. The number of nitrogens with one attached hydrogen (secondary N) is 1. The molecule has 3 aromatic rings. The number of aryl methyl sites for hydroxylation is 2. The van der Waals surface area contributed by atoms with Gasteiger partial charge in [0.25, 0.3) is 15.9 Å². The van der Waals surface area contributed by atoms with Gasteiger partial charge < -0.3 is 9.26 Å². The third-order valence-corrected chi connectivity index (χ3v) is 5.45. The monoisotopic (exact) mass is 404 g/mol. The van der Waals surface area contributed by atoms with Gasteiger partial charge in [-0.25, -0.2) is 17.5 Å². The highest BCUT2D eigenvalue weighted by Crippen LogP contribution is 2.28. The molecule has 0 unspecified atom stereocenters. The van der Waals surface area contributed by atoms with Crippen LogP contribution in [0.4, 0.5) is 4.39 Å². The van der Waals surface area contributed by atoms with Crippen LogP contribution in [0.15, 0.2) is 51.9 Å². The van der Waals surface area contributed by atoms with Gasteiger partial charge in [-0.05, 0) is 37.6 Å². The molecule has 0 saturated carbocycles. The van der Waals surface area contributed by atoms with E-state index in [0.29, 0.717) is 11.3 Å². The van der Waals surface area contributed by atoms with Gasteiger partial charge in [-0.2, -0.15) is 0 Å². The molecular formula is C19H17FN2O5S. The Kier molecular flexibility index (Phi) is 5.19. The highest BCUT2D eigenvalue weighted by atomic mass is 32.2. The standard InChI is InChI=1S/C19H17FN2O5S/c1-11-6-4-9-15(17(11)20)28(24,25)22-19(23)16-12(2)27-21-18(16)13-7-5-8-14(10-13)26-3/h4-10H,1-3H3,(H,22,23). The lowest BCUT2D eigenvalue weighted by Gasteiger charge is -2.09. The lowest BCUT2D eigenvalue weighted by molar-refractivity contribution is 0.0980. The van der Waals surface area contributed by atoms with Crippen molar-refractivity contribution in [1.82, 2.24) is 9.88 Å². The van der Waals surface area contributed by atoms with Crippen molar-refractivity contribution in [1.29, 1.82) is 0 Å². The normalized spacial score (nSPS) is 11.3. The van der Waals surface area contributed by atoms with E-state index < -0.39 is 26.6 Å². The van der Waals surface area contributed by atoms with Crippen molar-refractivity contribution in [3.63, 3.8) is 0 Å². The van der Waals surface area contributed by atoms with Crippen molar-refractivity contribution < 1.29 is 26.9 Å². The summed E-state index contributed by atoms with van der Waals surface area (Å²) < 4.78 is 51.4. The van der Waals surface area contributed by atoms with Gasteiger partial charge in [0.15, 0.2) is 0 Å². The van der Waals surface area contributed by atoms with Crippen molar-refractivity contribution in [2.45, 2.75) is 18.7 Å². The first-order valence-electron chi connectivity index (χ1n) is 8.17. The van der Waals surface area contributed by atoms with Crippen LogP contribution in [0.1, 0.15) is 21.7 Å². The second-order valence-corrected chi connectivity index (χ2v) is 7.67. The predicted octanol–water partition coefficient (Wildman–Crippen LogP) is 3.22. The van der Waals surface area contributed by atoms with E-state index >= 15 is 0 Å². The van der Waals surface area contributed by atoms with E-state index in [1.165, 1.54) is 33.1 Å². The first-order valence-corrected chi connectivity index (χ1v) is 9.66. The summed E-state index contributed by atoms with van der Waals surface area (Å²) in [6, 6.07) is 10.6. The highest BCUT2D eigenvalue weighted by molar-refractivity contribution is 7.90. The number of carbonyl (C=O) groups excluding carboxylic acids is 1. The van der Waals surface area contributed by atoms with Crippen molar-refractivity contribution >= 4 is 15.9 Å². The molecule has 9 heteroatoms. The molecule has 0 spiro atoms. The maximum Gasteiger partial charge on any atom is 0.270 e. The molecular weight excluding hydrogens is 387 g/mol. The number of ether oxygens (including phenoxy) is 1. The first kappa shape index (κ1) is 19.6. The van der Waals surface area contributed by atoms with E-state index in [2.05, 4.69) is 5.16 Å². The van der Waals surface area contributed by atoms with Crippen LogP contribution in [0, 0.1) is 19.7 Å². The summed E-state index contributed by atoms with van der Waals surface area (Å²) in [6.07, 6.45) is 0. The minimum atomic E-state index is -4.44. The molecule has 1 aromatic heterocycles. The molecule has 0 aliphatic carbocycles. The zero-order valence-corrected chi connectivity index (χ0v) is 16.1. The summed E-state index contributed by atoms with van der Waals surface area (Å²) in [5.74, 6) is -1.25. The summed E-state index contributed by atoms with van der Waals surface area (Å²) in [4.78, 5) is 12.1. The topological polar surface area (TPSA) is 98.5 Å². The molecule has 1 N–H and O–H groups in total. The molecule has 146 valence electrons. The number of amides is 1. The second-order valence-electron chi connectivity index (χ2n) is 6.02. The number of sulfonamides is 1. The molecule has 0 radical (unpaired) electrons. The molecule has 1 heterocycles. The molecule has 1 amide bonds. The zero-order valence-electron chi connectivity index (χ0n) is 15.3. The first-order chi connectivity index (χ1) is 13.2. The van der Waals surface area contributed by atoms with Crippen LogP contribution in [0.25, 0.3) is 11.3 Å². The molecule has 7 nitrogen and oxygen atoms in total. The maximum absolute atomic E-state index is 14.2. The zero-order chi connectivity index (χ0) is 20.5. The van der Waals surface area contributed by atoms with E-state index in [1.54, 1.807) is 24.3 Å². The Balaban J connectivity index is 2.00. The fourth-order valence-electron chi connectivity index (χ4n) is 2.66. The van der Waals surface area contributed by atoms with Gasteiger partial charge in [-0.1, -0.05) is 29.4 Å². The Morgan fingerprint density at radius 3 is 2.61 bits per heavy atom. The fourth-order valence-corrected chi connectivity index (χ4v) is 3.77. The van der Waals surface area contributed by atoms with Gasteiger partial charge in [-0.3, -0.25) is 4.79 Å². The average Bonchev–Trinajstić information content (AvgIpc) is 3.05. The number of benzene rings is 2. The molecule has 28 heavy (non-hydrogen) atoms. The van der Waals surface area contributed by atoms with Crippen molar-refractivity contribution in [3.8, 4) is 17.0 Å². The Labute approximate surface area is 161 Å². The quantitative estimate of drug-likeness (QED) is 0.701. The van der Waals surface area contributed by atoms with E-state index in [4.69, 9.17) is 9.26 Å². The third-order valence-electron chi connectivity index (χ3n) is 4.11. The van der Waals surface area contributed by atoms with E-state index in [-0.39, 0.29) is 22.6 Å². The van der Waals surface area contributed by atoms with E-state index in [1.807, 2.05) is 4.72 Å². The summed E-state index contributed by atoms with van der Waals surface area (Å²) >= 11 is 0. The number of halogens is 1. The average molecular weight is 404 g/mol. The summed E-state index contributed by atoms with van der Waals surface area (Å²) in [5, 5.41) is 3.86. The lowest BCUT2D eigenvalue weighted by Crippen LogP contribution is -2.31. The van der Waals surface area contributed by atoms with Gasteiger partial charge in [0.05, 0.1) is 7.11 Å². The SMILES string of the molecule is COc1cccc(-c2noc(C)c2C(=O)NS(=O)(=O)c2cccc(C)c2F)c1. The van der Waals surface area contributed by atoms with Gasteiger partial charge in [0, 0.05) is 5.56 Å². The number of hydrogen-bond donors (Lipinski definition) is 1. The molecule has 0 aliphatic heterocycles. The summed E-state index contributed by atoms with van der Waals surface area (Å²) in [7, 11) is -2.95. The minimum Gasteiger partial charge on any atom is -0.497 e. The Bertz CT molecular complexity index is 1150. The second kappa shape index (κ2) is 7.43. The van der Waals surface area contributed by atoms with Crippen LogP contribution in [0.5, 0.6) is 5.75 Å². The van der Waals surface area contributed by atoms with Crippen LogP contribution in [0.2, 0.25) is 0 Å². The highest BCUT2D eigenvalue weighted by Gasteiger charge is 2.28. The number of carbonyl (C=O) groups is 1. The molecule has 2 aromatic carbocycles. The largest absolute Gasteiger partial charge is 0.497 e. The van der Waals surface area contributed by atoms with Crippen molar-refractivity contribution in [2.24, 2.45) is 0 Å². The van der Waals surface area contributed by atoms with Crippen molar-refractivity contribution in [3.05, 3.63) is 65.2 Å². The van der Waals surface area contributed by atoms with E-state index in [0.717, 1.165) is 6.07 Å². The van der Waals surface area contributed by atoms with Gasteiger partial charge in [-0.15, -0.1) is 0 Å². The number of methoxy groups -OCH3 is 1. The number of nitrogens with zero attached hydrogens (tertiary/aromatic N) is 1. The number of aromatic nitrogens is 1. The Morgan fingerprint density at radius 2 is 1.89 bits per heavy atom. The molecule has 3 rings (SSSR count). The van der Waals surface area contributed by atoms with Crippen LogP contribution < -0.4 is 9.46 Å². The Morgan fingerprint density at radius 1 is 1.18 bits per heavy atom. The smallest absolute Gasteiger partial charge is 0.270 e.